The lowest BCUT2D eigenvalue weighted by molar-refractivity contribution is -0.118. The van der Waals surface area contributed by atoms with E-state index < -0.39 is 0 Å². The Hall–Kier alpha value is -2.14. The van der Waals surface area contributed by atoms with E-state index in [2.05, 4.69) is 34.6 Å². The van der Waals surface area contributed by atoms with Crippen molar-refractivity contribution in [2.24, 2.45) is 5.10 Å². The first-order valence-electron chi connectivity index (χ1n) is 6.60. The van der Waals surface area contributed by atoms with Crippen molar-refractivity contribution >= 4 is 23.9 Å². The van der Waals surface area contributed by atoms with Crippen LogP contribution in [0.3, 0.4) is 0 Å². The van der Waals surface area contributed by atoms with Crippen molar-refractivity contribution in [2.75, 3.05) is 5.75 Å². The summed E-state index contributed by atoms with van der Waals surface area (Å²) in [6.45, 7) is 2.08. The summed E-state index contributed by atoms with van der Waals surface area (Å²) in [5.74, 6) is 1.11. The van der Waals surface area contributed by atoms with Gasteiger partial charge in [-0.15, -0.1) is 11.8 Å². The van der Waals surface area contributed by atoms with Crippen LogP contribution in [0, 0.1) is 6.92 Å². The Bertz CT molecular complexity index is 614. The lowest BCUT2D eigenvalue weighted by atomic mass is 10.1. The van der Waals surface area contributed by atoms with Gasteiger partial charge >= 0.3 is 0 Å². The molecule has 108 valence electrons. The van der Waals surface area contributed by atoms with E-state index in [4.69, 9.17) is 0 Å². The molecule has 0 bridgehead atoms. The van der Waals surface area contributed by atoms with Crippen molar-refractivity contribution in [3.8, 4) is 0 Å². The molecule has 2 aromatic rings. The molecule has 0 aliphatic carbocycles. The Labute approximate surface area is 128 Å². The summed E-state index contributed by atoms with van der Waals surface area (Å²) in [6, 6.07) is 11.9. The highest BCUT2D eigenvalue weighted by atomic mass is 32.2. The molecule has 0 aliphatic rings. The van der Waals surface area contributed by atoms with Gasteiger partial charge in [-0.05, 0) is 24.1 Å². The second-order valence-electron chi connectivity index (χ2n) is 4.50. The molecule has 0 aliphatic heterocycles. The first-order chi connectivity index (χ1) is 10.3. The third kappa shape index (κ3) is 5.39. The van der Waals surface area contributed by atoms with Gasteiger partial charge in [-0.25, -0.2) is 5.43 Å². The van der Waals surface area contributed by atoms with Crippen LogP contribution in [-0.4, -0.2) is 22.9 Å². The van der Waals surface area contributed by atoms with Crippen LogP contribution in [0.5, 0.6) is 0 Å². The topological polar surface area (TPSA) is 54.4 Å². The molecular weight excluding hydrogens is 282 g/mol. The maximum absolute atomic E-state index is 11.6. The van der Waals surface area contributed by atoms with Gasteiger partial charge in [-0.2, -0.15) is 5.10 Å². The summed E-state index contributed by atoms with van der Waals surface area (Å²) >= 11 is 1.58. The van der Waals surface area contributed by atoms with Gasteiger partial charge < -0.3 is 0 Å². The van der Waals surface area contributed by atoms with Crippen molar-refractivity contribution < 1.29 is 4.79 Å². The first-order valence-corrected chi connectivity index (χ1v) is 7.75. The van der Waals surface area contributed by atoms with E-state index in [1.54, 1.807) is 30.4 Å². The molecule has 0 radical (unpaired) electrons. The van der Waals surface area contributed by atoms with Crippen LogP contribution in [0.25, 0.3) is 0 Å². The predicted molar refractivity (Wildman–Crippen MR) is 87.3 cm³/mol. The number of hydrogen-bond donors (Lipinski definition) is 1. The zero-order chi connectivity index (χ0) is 14.9. The van der Waals surface area contributed by atoms with Crippen LogP contribution in [0.1, 0.15) is 16.7 Å². The number of amides is 1. The summed E-state index contributed by atoms with van der Waals surface area (Å²) in [7, 11) is 0. The Balaban J connectivity index is 1.71. The fourth-order valence-corrected chi connectivity index (χ4v) is 2.58. The molecule has 1 heterocycles. The second-order valence-corrected chi connectivity index (χ2v) is 5.48. The Morgan fingerprint density at radius 3 is 2.95 bits per heavy atom. The minimum absolute atomic E-state index is 0.103. The van der Waals surface area contributed by atoms with Gasteiger partial charge in [0.25, 0.3) is 0 Å². The molecule has 0 saturated carbocycles. The highest BCUT2D eigenvalue weighted by Gasteiger charge is 2.02. The maximum Gasteiger partial charge on any atom is 0.250 e. The summed E-state index contributed by atoms with van der Waals surface area (Å²) in [6.07, 6.45) is 4.96. The molecule has 1 amide bonds. The zero-order valence-corrected chi connectivity index (χ0v) is 12.6. The van der Waals surface area contributed by atoms with Crippen LogP contribution >= 0.6 is 11.8 Å². The Morgan fingerprint density at radius 1 is 1.33 bits per heavy atom. The van der Waals surface area contributed by atoms with E-state index in [0.717, 1.165) is 11.3 Å². The van der Waals surface area contributed by atoms with Gasteiger partial charge in [0.1, 0.15) is 0 Å². The van der Waals surface area contributed by atoms with Crippen molar-refractivity contribution in [1.82, 2.24) is 10.4 Å². The molecule has 21 heavy (non-hydrogen) atoms. The number of thioether (sulfide) groups is 1. The summed E-state index contributed by atoms with van der Waals surface area (Å²) < 4.78 is 0. The zero-order valence-electron chi connectivity index (χ0n) is 11.8. The largest absolute Gasteiger partial charge is 0.272 e. The lowest BCUT2D eigenvalue weighted by Crippen LogP contribution is -2.19. The molecule has 4 nitrogen and oxygen atoms in total. The number of aryl methyl sites for hydroxylation is 1. The standard InChI is InChI=1S/C16H17N3OS/c1-13-5-2-3-7-15(13)11-21-12-16(20)19-18-10-14-6-4-8-17-9-14/h2-10H,11-12H2,1H3,(H,19,20)/b18-10-. The molecule has 2 rings (SSSR count). The summed E-state index contributed by atoms with van der Waals surface area (Å²) in [5.41, 5.74) is 5.87. The molecule has 0 spiro atoms. The molecular formula is C16H17N3OS. The van der Waals surface area contributed by atoms with Gasteiger partial charge in [0.2, 0.25) is 5.91 Å². The van der Waals surface area contributed by atoms with Gasteiger partial charge in [0.05, 0.1) is 12.0 Å². The molecule has 1 aromatic carbocycles. The minimum atomic E-state index is -0.103. The number of aromatic nitrogens is 1. The van der Waals surface area contributed by atoms with Crippen LogP contribution in [0.2, 0.25) is 0 Å². The van der Waals surface area contributed by atoms with E-state index in [0.29, 0.717) is 5.75 Å². The first kappa shape index (κ1) is 15.3. The summed E-state index contributed by atoms with van der Waals surface area (Å²) in [4.78, 5) is 15.6. The van der Waals surface area contributed by atoms with Gasteiger partial charge in [0.15, 0.2) is 0 Å². The molecule has 0 fully saturated rings. The van der Waals surface area contributed by atoms with Crippen molar-refractivity contribution in [1.29, 1.82) is 0 Å². The van der Waals surface area contributed by atoms with Crippen LogP contribution < -0.4 is 5.43 Å². The van der Waals surface area contributed by atoms with Crippen LogP contribution in [-0.2, 0) is 10.5 Å². The molecule has 0 atom stereocenters. The molecule has 0 saturated heterocycles. The van der Waals surface area contributed by atoms with E-state index >= 15 is 0 Å². The van der Waals surface area contributed by atoms with E-state index in [1.165, 1.54) is 11.1 Å². The number of hydrazone groups is 1. The molecule has 0 unspecified atom stereocenters. The van der Waals surface area contributed by atoms with Gasteiger partial charge in [-0.1, -0.05) is 30.3 Å². The number of benzene rings is 1. The average Bonchev–Trinajstić information content (AvgIpc) is 2.50. The van der Waals surface area contributed by atoms with E-state index in [9.17, 15) is 4.79 Å². The quantitative estimate of drug-likeness (QED) is 0.659. The van der Waals surface area contributed by atoms with Crippen molar-refractivity contribution in [3.05, 3.63) is 65.5 Å². The van der Waals surface area contributed by atoms with Crippen LogP contribution in [0.4, 0.5) is 0 Å². The highest BCUT2D eigenvalue weighted by molar-refractivity contribution is 7.99. The number of nitrogens with zero attached hydrogens (tertiary/aromatic N) is 2. The van der Waals surface area contributed by atoms with E-state index in [-0.39, 0.29) is 5.91 Å². The lowest BCUT2D eigenvalue weighted by Gasteiger charge is -2.04. The third-order valence-corrected chi connectivity index (χ3v) is 3.82. The average molecular weight is 299 g/mol. The van der Waals surface area contributed by atoms with E-state index in [1.807, 2.05) is 24.3 Å². The predicted octanol–water partition coefficient (Wildman–Crippen LogP) is 2.77. The van der Waals surface area contributed by atoms with Crippen LogP contribution in [0.15, 0.2) is 53.9 Å². The minimum Gasteiger partial charge on any atom is -0.272 e. The summed E-state index contributed by atoms with van der Waals surface area (Å²) in [5, 5.41) is 3.91. The third-order valence-electron chi connectivity index (χ3n) is 2.84. The fraction of sp³-hybridized carbons (Fsp3) is 0.188. The normalized spacial score (nSPS) is 10.7. The molecule has 1 N–H and O–H groups in total. The Morgan fingerprint density at radius 2 is 2.19 bits per heavy atom. The van der Waals surface area contributed by atoms with Gasteiger partial charge in [-0.3, -0.25) is 9.78 Å². The SMILES string of the molecule is Cc1ccccc1CSCC(=O)N/N=C\c1cccnc1. The number of pyridine rings is 1. The number of carbonyl (C=O) groups is 1. The smallest absolute Gasteiger partial charge is 0.250 e. The number of carbonyl (C=O) groups excluding carboxylic acids is 1. The van der Waals surface area contributed by atoms with Crippen molar-refractivity contribution in [2.45, 2.75) is 12.7 Å². The second kappa shape index (κ2) is 8.21. The van der Waals surface area contributed by atoms with Gasteiger partial charge in [0, 0.05) is 23.7 Å². The number of nitrogens with one attached hydrogen (secondary N) is 1. The Kier molecular flexibility index (Phi) is 5.97. The molecule has 1 aromatic heterocycles. The molecule has 5 heteroatoms. The number of hydrogen-bond acceptors (Lipinski definition) is 4. The van der Waals surface area contributed by atoms with Crippen molar-refractivity contribution in [3.63, 3.8) is 0 Å². The number of rotatable bonds is 6. The monoisotopic (exact) mass is 299 g/mol. The maximum atomic E-state index is 11.6. The fourth-order valence-electron chi connectivity index (χ4n) is 1.69. The highest BCUT2D eigenvalue weighted by Crippen LogP contribution is 2.15.